The number of anilines is 1. The van der Waals surface area contributed by atoms with E-state index in [2.05, 4.69) is 4.98 Å². The van der Waals surface area contributed by atoms with E-state index in [9.17, 15) is 14.0 Å². The summed E-state index contributed by atoms with van der Waals surface area (Å²) in [7, 11) is 1.97. The summed E-state index contributed by atoms with van der Waals surface area (Å²) in [6, 6.07) is 20.3. The third-order valence-corrected chi connectivity index (χ3v) is 6.63. The fourth-order valence-electron chi connectivity index (χ4n) is 3.59. The van der Waals surface area contributed by atoms with Crippen LogP contribution in [0.4, 0.5) is 14.3 Å². The first-order valence-electron chi connectivity index (χ1n) is 12.1. The topological polar surface area (TPSA) is 81.2 Å². The van der Waals surface area contributed by atoms with Crippen LogP contribution < -0.4 is 14.4 Å². The first kappa shape index (κ1) is 26.9. The number of para-hydroxylation sites is 1. The molecule has 1 heterocycles. The summed E-state index contributed by atoms with van der Waals surface area (Å²) in [4.78, 5) is 32.9. The van der Waals surface area contributed by atoms with Crippen LogP contribution in [0.2, 0.25) is 0 Å². The van der Waals surface area contributed by atoms with E-state index in [-0.39, 0.29) is 25.4 Å². The maximum absolute atomic E-state index is 13.2. The average Bonchev–Trinajstić information content (AvgIpc) is 3.35. The van der Waals surface area contributed by atoms with Gasteiger partial charge < -0.3 is 19.1 Å². The Kier molecular flexibility index (Phi) is 9.10. The Morgan fingerprint density at radius 1 is 1.00 bits per heavy atom. The van der Waals surface area contributed by atoms with Crippen molar-refractivity contribution < 1.29 is 28.2 Å². The molecule has 0 aliphatic rings. The molecule has 0 N–H and O–H groups in total. The van der Waals surface area contributed by atoms with E-state index >= 15 is 0 Å². The van der Waals surface area contributed by atoms with Gasteiger partial charge in [0.15, 0.2) is 5.13 Å². The molecule has 0 atom stereocenters. The first-order chi connectivity index (χ1) is 18.4. The maximum atomic E-state index is 13.2. The molecule has 0 radical (unpaired) electrons. The molecule has 4 aromatic rings. The number of carbonyl (C=O) groups is 2. The van der Waals surface area contributed by atoms with Crippen LogP contribution in [0.3, 0.4) is 0 Å². The second-order valence-electron chi connectivity index (χ2n) is 8.36. The number of hydrogen-bond acceptors (Lipinski definition) is 8. The van der Waals surface area contributed by atoms with E-state index in [4.69, 9.17) is 14.2 Å². The first-order valence-corrected chi connectivity index (χ1v) is 12.9. The fourth-order valence-corrected chi connectivity index (χ4v) is 4.54. The minimum Gasteiger partial charge on any atom is -0.492 e. The predicted octanol–water partition coefficient (Wildman–Crippen LogP) is 5.51. The van der Waals surface area contributed by atoms with Gasteiger partial charge in [-0.1, -0.05) is 35.6 Å². The average molecular weight is 538 g/mol. The van der Waals surface area contributed by atoms with Crippen molar-refractivity contribution in [3.63, 3.8) is 0 Å². The van der Waals surface area contributed by atoms with Crippen molar-refractivity contribution in [1.29, 1.82) is 0 Å². The van der Waals surface area contributed by atoms with Crippen LogP contribution in [-0.4, -0.2) is 55.3 Å². The number of fused-ring (bicyclic) bond motifs is 1. The van der Waals surface area contributed by atoms with Crippen LogP contribution in [0, 0.1) is 5.82 Å². The SMILES string of the molecule is CCOC(=O)CN(Cc1cccc(OCCN(C)c2nc3ccccc3s2)c1)C(=O)Oc1ccc(F)cc1. The molecule has 0 saturated heterocycles. The third-order valence-electron chi connectivity index (χ3n) is 5.48. The van der Waals surface area contributed by atoms with Gasteiger partial charge in [0.25, 0.3) is 0 Å². The number of likely N-dealkylation sites (N-methyl/N-ethyl adjacent to an activating group) is 1. The Morgan fingerprint density at radius 3 is 2.55 bits per heavy atom. The van der Waals surface area contributed by atoms with Crippen molar-refractivity contribution in [3.8, 4) is 11.5 Å². The molecule has 3 aromatic carbocycles. The normalized spacial score (nSPS) is 10.7. The number of nitrogens with zero attached hydrogens (tertiary/aromatic N) is 3. The van der Waals surface area contributed by atoms with Gasteiger partial charge in [0, 0.05) is 13.6 Å². The van der Waals surface area contributed by atoms with Crippen LogP contribution in [0.25, 0.3) is 10.2 Å². The molecular weight excluding hydrogens is 509 g/mol. The molecule has 0 unspecified atom stereocenters. The summed E-state index contributed by atoms with van der Waals surface area (Å²) in [6.45, 7) is 2.72. The molecule has 0 fully saturated rings. The molecule has 198 valence electrons. The van der Waals surface area contributed by atoms with Gasteiger partial charge in [-0.25, -0.2) is 14.2 Å². The van der Waals surface area contributed by atoms with Crippen LogP contribution in [0.15, 0.2) is 72.8 Å². The van der Waals surface area contributed by atoms with E-state index in [1.807, 2.05) is 54.4 Å². The van der Waals surface area contributed by atoms with Crippen molar-refractivity contribution >= 4 is 38.7 Å². The Bertz CT molecular complexity index is 1350. The minimum absolute atomic E-state index is 0.0850. The number of aromatic nitrogens is 1. The van der Waals surface area contributed by atoms with Crippen LogP contribution in [0.5, 0.6) is 11.5 Å². The van der Waals surface area contributed by atoms with Gasteiger partial charge in [0.2, 0.25) is 0 Å². The zero-order chi connectivity index (χ0) is 26.9. The number of esters is 1. The molecular formula is C28H28FN3O5S. The van der Waals surface area contributed by atoms with E-state index < -0.39 is 17.9 Å². The number of carbonyl (C=O) groups excluding carboxylic acids is 2. The van der Waals surface area contributed by atoms with Crippen molar-refractivity contribution in [2.45, 2.75) is 13.5 Å². The van der Waals surface area contributed by atoms with Crippen molar-refractivity contribution in [2.24, 2.45) is 0 Å². The lowest BCUT2D eigenvalue weighted by atomic mass is 10.2. The highest BCUT2D eigenvalue weighted by Gasteiger charge is 2.21. The van der Waals surface area contributed by atoms with Gasteiger partial charge >= 0.3 is 12.1 Å². The van der Waals surface area contributed by atoms with Crippen LogP contribution in [0.1, 0.15) is 12.5 Å². The van der Waals surface area contributed by atoms with Gasteiger partial charge in [-0.05, 0) is 61.0 Å². The number of rotatable bonds is 11. The second kappa shape index (κ2) is 12.9. The molecule has 1 aromatic heterocycles. The number of halogens is 1. The Morgan fingerprint density at radius 2 is 1.79 bits per heavy atom. The summed E-state index contributed by atoms with van der Waals surface area (Å²) in [5, 5.41) is 0.915. The number of ether oxygens (including phenoxy) is 3. The van der Waals surface area contributed by atoms with E-state index in [1.165, 1.54) is 29.2 Å². The number of hydrogen-bond donors (Lipinski definition) is 0. The number of thiazole rings is 1. The van der Waals surface area contributed by atoms with Gasteiger partial charge in [0.1, 0.15) is 30.5 Å². The zero-order valence-electron chi connectivity index (χ0n) is 21.1. The molecule has 1 amide bonds. The Balaban J connectivity index is 1.37. The highest BCUT2D eigenvalue weighted by Crippen LogP contribution is 2.27. The lowest BCUT2D eigenvalue weighted by Crippen LogP contribution is -2.38. The van der Waals surface area contributed by atoms with Gasteiger partial charge in [-0.15, -0.1) is 0 Å². The summed E-state index contributed by atoms with van der Waals surface area (Å²) >= 11 is 1.63. The summed E-state index contributed by atoms with van der Waals surface area (Å²) < 4.78 is 30.6. The number of amides is 1. The smallest absolute Gasteiger partial charge is 0.416 e. The summed E-state index contributed by atoms with van der Waals surface area (Å²) in [5.74, 6) is -0.215. The molecule has 38 heavy (non-hydrogen) atoms. The van der Waals surface area contributed by atoms with E-state index in [1.54, 1.807) is 24.3 Å². The molecule has 0 aliphatic heterocycles. The largest absolute Gasteiger partial charge is 0.492 e. The standard InChI is InChI=1S/C28H28FN3O5S/c1-3-35-26(33)19-32(28(34)37-22-13-11-21(29)12-14-22)18-20-7-6-8-23(17-20)36-16-15-31(2)27-30-24-9-4-5-10-25(24)38-27/h4-14,17H,3,15-16,18-19H2,1-2H3. The molecule has 10 heteroatoms. The molecule has 0 aliphatic carbocycles. The molecule has 0 saturated carbocycles. The third kappa shape index (κ3) is 7.42. The zero-order valence-corrected chi connectivity index (χ0v) is 21.9. The minimum atomic E-state index is -0.756. The lowest BCUT2D eigenvalue weighted by Gasteiger charge is -2.21. The molecule has 0 bridgehead atoms. The Labute approximate surface area is 224 Å². The molecule has 8 nitrogen and oxygen atoms in total. The van der Waals surface area contributed by atoms with E-state index in [0.29, 0.717) is 18.9 Å². The highest BCUT2D eigenvalue weighted by atomic mass is 32.1. The van der Waals surface area contributed by atoms with Crippen molar-refractivity contribution in [3.05, 3.63) is 84.2 Å². The van der Waals surface area contributed by atoms with Crippen LogP contribution in [-0.2, 0) is 16.1 Å². The van der Waals surface area contributed by atoms with E-state index in [0.717, 1.165) is 20.9 Å². The lowest BCUT2D eigenvalue weighted by molar-refractivity contribution is -0.144. The fraction of sp³-hybridized carbons (Fsp3) is 0.250. The molecule has 0 spiro atoms. The van der Waals surface area contributed by atoms with Gasteiger partial charge in [-0.3, -0.25) is 9.69 Å². The monoisotopic (exact) mass is 537 g/mol. The van der Waals surface area contributed by atoms with Gasteiger partial charge in [0.05, 0.1) is 23.4 Å². The Hall–Kier alpha value is -4.18. The molecule has 4 rings (SSSR count). The predicted molar refractivity (Wildman–Crippen MR) is 144 cm³/mol. The number of benzene rings is 3. The van der Waals surface area contributed by atoms with Crippen molar-refractivity contribution in [2.75, 3.05) is 38.3 Å². The summed E-state index contributed by atoms with van der Waals surface area (Å²) in [5.41, 5.74) is 1.71. The van der Waals surface area contributed by atoms with Crippen molar-refractivity contribution in [1.82, 2.24) is 9.88 Å². The summed E-state index contributed by atoms with van der Waals surface area (Å²) in [6.07, 6.45) is -0.756. The quantitative estimate of drug-likeness (QED) is 0.233. The maximum Gasteiger partial charge on any atom is 0.416 e. The second-order valence-corrected chi connectivity index (χ2v) is 9.37. The van der Waals surface area contributed by atoms with Gasteiger partial charge in [-0.2, -0.15) is 0 Å². The van der Waals surface area contributed by atoms with Crippen LogP contribution >= 0.6 is 11.3 Å². The highest BCUT2D eigenvalue weighted by molar-refractivity contribution is 7.22.